The highest BCUT2D eigenvalue weighted by Crippen LogP contribution is 2.44. The molecule has 2 aromatic rings. The summed E-state index contributed by atoms with van der Waals surface area (Å²) in [6, 6.07) is 4.14. The molecule has 0 atom stereocenters. The lowest BCUT2D eigenvalue weighted by atomic mass is 10.1. The maximum atomic E-state index is 12.3. The number of non-ortho nitro benzene ring substituents is 1. The number of hydrogen-bond acceptors (Lipinski definition) is 5. The third kappa shape index (κ3) is 2.79. The Morgan fingerprint density at radius 3 is 2.58 bits per heavy atom. The zero-order valence-corrected chi connectivity index (χ0v) is 12.9. The first-order valence-electron chi connectivity index (χ1n) is 8.10. The van der Waals surface area contributed by atoms with Crippen molar-refractivity contribution >= 4 is 22.7 Å². The monoisotopic (exact) mass is 331 g/mol. The third-order valence-electron chi connectivity index (χ3n) is 4.75. The molecule has 1 amide bonds. The van der Waals surface area contributed by atoms with E-state index < -0.39 is 10.7 Å². The van der Waals surface area contributed by atoms with Crippen LogP contribution in [0.2, 0.25) is 0 Å². The van der Waals surface area contributed by atoms with E-state index in [9.17, 15) is 19.7 Å². The number of nitro groups is 1. The normalized spacial score (nSPS) is 17.4. The number of benzene rings is 1. The molecule has 0 bridgehead atoms. The Morgan fingerprint density at radius 2 is 2.00 bits per heavy atom. The summed E-state index contributed by atoms with van der Waals surface area (Å²) in [5, 5.41) is 13.8. The van der Waals surface area contributed by atoms with Gasteiger partial charge in [0.15, 0.2) is 5.58 Å². The van der Waals surface area contributed by atoms with Crippen LogP contribution in [0.1, 0.15) is 25.7 Å². The average Bonchev–Trinajstić information content (AvgIpc) is 3.44. The molecule has 126 valence electrons. The number of aromatic nitrogens is 1. The van der Waals surface area contributed by atoms with E-state index in [1.54, 1.807) is 0 Å². The third-order valence-corrected chi connectivity index (χ3v) is 4.75. The minimum Gasteiger partial charge on any atom is -0.407 e. The Morgan fingerprint density at radius 1 is 1.33 bits per heavy atom. The van der Waals surface area contributed by atoms with Crippen molar-refractivity contribution in [1.82, 2.24) is 9.88 Å². The maximum absolute atomic E-state index is 12.3. The second-order valence-electron chi connectivity index (χ2n) is 6.63. The van der Waals surface area contributed by atoms with Crippen molar-refractivity contribution < 1.29 is 14.1 Å². The summed E-state index contributed by atoms with van der Waals surface area (Å²) in [5.74, 6) is 0.237. The van der Waals surface area contributed by atoms with E-state index in [1.807, 2.05) is 0 Å². The van der Waals surface area contributed by atoms with Gasteiger partial charge in [-0.05, 0) is 43.6 Å². The summed E-state index contributed by atoms with van der Waals surface area (Å²) in [5.41, 5.74) is 0.341. The lowest BCUT2D eigenvalue weighted by molar-refractivity contribution is -0.384. The lowest BCUT2D eigenvalue weighted by Gasteiger charge is -2.17. The van der Waals surface area contributed by atoms with Gasteiger partial charge >= 0.3 is 5.76 Å². The van der Waals surface area contributed by atoms with E-state index in [0.29, 0.717) is 17.4 Å². The van der Waals surface area contributed by atoms with E-state index in [4.69, 9.17) is 4.42 Å². The fraction of sp³-hybridized carbons (Fsp3) is 0.500. The molecule has 0 saturated heterocycles. The molecule has 0 aliphatic heterocycles. The molecule has 2 saturated carbocycles. The summed E-state index contributed by atoms with van der Waals surface area (Å²) < 4.78 is 6.25. The van der Waals surface area contributed by atoms with E-state index in [-0.39, 0.29) is 29.8 Å². The van der Waals surface area contributed by atoms with E-state index >= 15 is 0 Å². The van der Waals surface area contributed by atoms with E-state index in [1.165, 1.54) is 22.8 Å². The minimum absolute atomic E-state index is 0.114. The second kappa shape index (κ2) is 5.47. The van der Waals surface area contributed by atoms with Gasteiger partial charge in [0, 0.05) is 12.1 Å². The zero-order chi connectivity index (χ0) is 16.8. The average molecular weight is 331 g/mol. The number of fused-ring (bicyclic) bond motifs is 1. The summed E-state index contributed by atoms with van der Waals surface area (Å²) in [6.07, 6.45) is 4.61. The van der Waals surface area contributed by atoms with Crippen molar-refractivity contribution in [2.24, 2.45) is 11.8 Å². The van der Waals surface area contributed by atoms with Crippen molar-refractivity contribution in [2.45, 2.75) is 38.3 Å². The molecule has 1 N–H and O–H groups in total. The van der Waals surface area contributed by atoms with Crippen LogP contribution in [-0.2, 0) is 11.3 Å². The van der Waals surface area contributed by atoms with Crippen LogP contribution < -0.4 is 11.1 Å². The van der Waals surface area contributed by atoms with Gasteiger partial charge in [-0.3, -0.25) is 19.5 Å². The summed E-state index contributed by atoms with van der Waals surface area (Å²) in [6.45, 7) is -0.139. The zero-order valence-electron chi connectivity index (χ0n) is 12.9. The standard InChI is InChI=1S/C16H17N3O5/c20-14(17-15(9-1-2-9)10-3-4-10)8-18-12-6-5-11(19(22)23)7-13(12)24-16(18)21/h5-7,9-10,15H,1-4,8H2,(H,17,20). The Kier molecular flexibility index (Phi) is 3.40. The molecule has 0 unspecified atom stereocenters. The summed E-state index contributed by atoms with van der Waals surface area (Å²) in [4.78, 5) is 34.5. The fourth-order valence-electron chi connectivity index (χ4n) is 3.22. The Bertz CT molecular complexity index is 863. The molecule has 0 spiro atoms. The van der Waals surface area contributed by atoms with Gasteiger partial charge in [-0.2, -0.15) is 0 Å². The van der Waals surface area contributed by atoms with Crippen LogP contribution in [0.4, 0.5) is 5.69 Å². The number of nitrogens with zero attached hydrogens (tertiary/aromatic N) is 2. The quantitative estimate of drug-likeness (QED) is 0.641. The number of oxazole rings is 1. The number of hydrogen-bond donors (Lipinski definition) is 1. The first kappa shape index (κ1) is 14.9. The van der Waals surface area contributed by atoms with Crippen LogP contribution in [0.3, 0.4) is 0 Å². The first-order chi connectivity index (χ1) is 11.5. The number of carbonyl (C=O) groups is 1. The Balaban J connectivity index is 1.55. The molecule has 8 heteroatoms. The molecule has 2 aliphatic carbocycles. The predicted octanol–water partition coefficient (Wildman–Crippen LogP) is 1.81. The van der Waals surface area contributed by atoms with Crippen LogP contribution in [0.25, 0.3) is 11.1 Å². The summed E-state index contributed by atoms with van der Waals surface area (Å²) >= 11 is 0. The molecule has 4 rings (SSSR count). The molecule has 2 fully saturated rings. The second-order valence-corrected chi connectivity index (χ2v) is 6.63. The van der Waals surface area contributed by atoms with Crippen molar-refractivity contribution in [3.63, 3.8) is 0 Å². The predicted molar refractivity (Wildman–Crippen MR) is 84.5 cm³/mol. The molecule has 24 heavy (non-hydrogen) atoms. The van der Waals surface area contributed by atoms with Crippen molar-refractivity contribution in [3.8, 4) is 0 Å². The Hall–Kier alpha value is -2.64. The lowest BCUT2D eigenvalue weighted by Crippen LogP contribution is -2.40. The highest BCUT2D eigenvalue weighted by atomic mass is 16.6. The summed E-state index contributed by atoms with van der Waals surface area (Å²) in [7, 11) is 0. The number of nitrogens with one attached hydrogen (secondary N) is 1. The van der Waals surface area contributed by atoms with Gasteiger partial charge < -0.3 is 9.73 Å². The van der Waals surface area contributed by atoms with E-state index in [0.717, 1.165) is 25.7 Å². The van der Waals surface area contributed by atoms with Crippen molar-refractivity contribution in [3.05, 3.63) is 38.9 Å². The topological polar surface area (TPSA) is 107 Å². The van der Waals surface area contributed by atoms with Crippen LogP contribution in [-0.4, -0.2) is 21.4 Å². The first-order valence-corrected chi connectivity index (χ1v) is 8.10. The molecule has 1 heterocycles. The molecule has 0 radical (unpaired) electrons. The number of amides is 1. The van der Waals surface area contributed by atoms with Crippen molar-refractivity contribution in [2.75, 3.05) is 0 Å². The van der Waals surface area contributed by atoms with Gasteiger partial charge in [0.05, 0.1) is 16.5 Å². The van der Waals surface area contributed by atoms with Gasteiger partial charge in [0.25, 0.3) is 5.69 Å². The highest BCUT2D eigenvalue weighted by Gasteiger charge is 2.42. The van der Waals surface area contributed by atoms with Crippen LogP contribution in [0, 0.1) is 22.0 Å². The minimum atomic E-state index is -0.685. The van der Waals surface area contributed by atoms with E-state index in [2.05, 4.69) is 5.32 Å². The Labute approximate surface area is 136 Å². The fourth-order valence-corrected chi connectivity index (χ4v) is 3.22. The number of nitro benzene ring substituents is 1. The van der Waals surface area contributed by atoms with Crippen LogP contribution in [0.15, 0.2) is 27.4 Å². The molecule has 2 aliphatic rings. The molecule has 8 nitrogen and oxygen atoms in total. The van der Waals surface area contributed by atoms with Crippen molar-refractivity contribution in [1.29, 1.82) is 0 Å². The van der Waals surface area contributed by atoms with Gasteiger partial charge in [0.1, 0.15) is 6.54 Å². The van der Waals surface area contributed by atoms with Crippen LogP contribution in [0.5, 0.6) is 0 Å². The molecular formula is C16H17N3O5. The largest absolute Gasteiger partial charge is 0.420 e. The van der Waals surface area contributed by atoms with Crippen LogP contribution >= 0.6 is 0 Å². The highest BCUT2D eigenvalue weighted by molar-refractivity contribution is 5.80. The van der Waals surface area contributed by atoms with Gasteiger partial charge in [0.2, 0.25) is 5.91 Å². The van der Waals surface area contributed by atoms with Gasteiger partial charge in [-0.15, -0.1) is 0 Å². The molecule has 1 aromatic heterocycles. The smallest absolute Gasteiger partial charge is 0.407 e. The maximum Gasteiger partial charge on any atom is 0.420 e. The number of rotatable bonds is 6. The SMILES string of the molecule is O=C(Cn1c(=O)oc2cc([N+](=O)[O-])ccc21)NC(C1CC1)C1CC1. The molecular weight excluding hydrogens is 314 g/mol. The van der Waals surface area contributed by atoms with Gasteiger partial charge in [-0.25, -0.2) is 4.79 Å². The van der Waals surface area contributed by atoms with Gasteiger partial charge in [-0.1, -0.05) is 0 Å². The molecule has 1 aromatic carbocycles. The number of carbonyl (C=O) groups excluding carboxylic acids is 1.